The molecular weight excluding hydrogens is 426 g/mol. The maximum absolute atomic E-state index is 13.2. The number of aromatic nitrogens is 1. The van der Waals surface area contributed by atoms with E-state index in [1.807, 2.05) is 20.8 Å². The van der Waals surface area contributed by atoms with Crippen LogP contribution in [0.1, 0.15) is 22.3 Å². The first-order chi connectivity index (χ1) is 15.1. The lowest BCUT2D eigenvalue weighted by atomic mass is 10.0. The number of sulfone groups is 1. The van der Waals surface area contributed by atoms with Gasteiger partial charge >= 0.3 is 5.97 Å². The molecule has 0 fully saturated rings. The summed E-state index contributed by atoms with van der Waals surface area (Å²) in [6.07, 6.45) is 1.44. The minimum atomic E-state index is -3.70. The molecule has 0 atom stereocenters. The Balaban J connectivity index is 1.72. The van der Waals surface area contributed by atoms with Gasteiger partial charge in [0.2, 0.25) is 9.84 Å². The maximum atomic E-state index is 13.2. The van der Waals surface area contributed by atoms with Crippen molar-refractivity contribution < 1.29 is 23.1 Å². The Kier molecular flexibility index (Phi) is 5.52. The molecule has 2 N–H and O–H groups in total. The van der Waals surface area contributed by atoms with Crippen molar-refractivity contribution in [2.75, 3.05) is 0 Å². The summed E-state index contributed by atoms with van der Waals surface area (Å²) < 4.78 is 32.5. The molecule has 1 aromatic heterocycles. The average Bonchev–Trinajstić information content (AvgIpc) is 3.15. The Bertz CT molecular complexity index is 1410. The van der Waals surface area contributed by atoms with Crippen LogP contribution in [0.25, 0.3) is 10.9 Å². The molecule has 0 spiro atoms. The van der Waals surface area contributed by atoms with Crippen molar-refractivity contribution in [2.45, 2.75) is 37.0 Å². The van der Waals surface area contributed by atoms with E-state index in [9.17, 15) is 13.2 Å². The third-order valence-corrected chi connectivity index (χ3v) is 7.14. The van der Waals surface area contributed by atoms with Gasteiger partial charge in [-0.1, -0.05) is 29.8 Å². The van der Waals surface area contributed by atoms with E-state index >= 15 is 0 Å². The van der Waals surface area contributed by atoms with E-state index in [1.165, 1.54) is 6.20 Å². The second kappa shape index (κ2) is 8.16. The Morgan fingerprint density at radius 3 is 2.25 bits per heavy atom. The Morgan fingerprint density at radius 2 is 1.62 bits per heavy atom. The van der Waals surface area contributed by atoms with Crippen molar-refractivity contribution in [3.05, 3.63) is 83.0 Å². The number of hydrogen-bond acceptors (Lipinski definition) is 4. The van der Waals surface area contributed by atoms with E-state index in [4.69, 9.17) is 9.84 Å². The molecule has 1 heterocycles. The molecule has 0 aliphatic rings. The number of nitrogens with one attached hydrogen (secondary N) is 1. The lowest BCUT2D eigenvalue weighted by Crippen LogP contribution is -2.02. The largest absolute Gasteiger partial charge is 0.481 e. The third kappa shape index (κ3) is 4.11. The van der Waals surface area contributed by atoms with Gasteiger partial charge in [-0.25, -0.2) is 8.42 Å². The molecule has 0 bridgehead atoms. The van der Waals surface area contributed by atoms with Gasteiger partial charge in [0.25, 0.3) is 0 Å². The highest BCUT2D eigenvalue weighted by molar-refractivity contribution is 7.91. The highest BCUT2D eigenvalue weighted by atomic mass is 32.2. The zero-order valence-corrected chi connectivity index (χ0v) is 18.8. The van der Waals surface area contributed by atoms with Crippen LogP contribution in [0.4, 0.5) is 0 Å². The number of aryl methyl sites for hydroxylation is 3. The molecule has 0 amide bonds. The van der Waals surface area contributed by atoms with E-state index in [0.717, 1.165) is 16.7 Å². The van der Waals surface area contributed by atoms with E-state index in [1.54, 1.807) is 54.6 Å². The van der Waals surface area contributed by atoms with Crippen LogP contribution in [0.2, 0.25) is 0 Å². The number of fused-ring (bicyclic) bond motifs is 1. The predicted octanol–water partition coefficient (Wildman–Crippen LogP) is 5.35. The summed E-state index contributed by atoms with van der Waals surface area (Å²) in [4.78, 5) is 14.5. The smallest absolute Gasteiger partial charge is 0.307 e. The van der Waals surface area contributed by atoms with Gasteiger partial charge in [0.15, 0.2) is 0 Å². The first-order valence-corrected chi connectivity index (χ1v) is 11.6. The first-order valence-electron chi connectivity index (χ1n) is 10.1. The second-order valence-corrected chi connectivity index (χ2v) is 9.83. The molecule has 32 heavy (non-hydrogen) atoms. The number of carboxylic acid groups (broad SMARTS) is 1. The van der Waals surface area contributed by atoms with Crippen LogP contribution in [0.15, 0.2) is 70.6 Å². The van der Waals surface area contributed by atoms with E-state index in [0.29, 0.717) is 28.0 Å². The number of hydrogen-bond donors (Lipinski definition) is 2. The van der Waals surface area contributed by atoms with Gasteiger partial charge in [-0.2, -0.15) is 0 Å². The van der Waals surface area contributed by atoms with E-state index in [2.05, 4.69) is 4.98 Å². The van der Waals surface area contributed by atoms with Crippen LogP contribution in [-0.4, -0.2) is 24.5 Å². The predicted molar refractivity (Wildman–Crippen MR) is 122 cm³/mol. The number of carbonyl (C=O) groups is 1. The monoisotopic (exact) mass is 449 g/mol. The van der Waals surface area contributed by atoms with Crippen LogP contribution in [0.5, 0.6) is 11.5 Å². The molecule has 0 saturated carbocycles. The average molecular weight is 450 g/mol. The van der Waals surface area contributed by atoms with E-state index < -0.39 is 15.8 Å². The summed E-state index contributed by atoms with van der Waals surface area (Å²) in [5, 5.41) is 9.58. The van der Waals surface area contributed by atoms with Gasteiger partial charge in [0, 0.05) is 17.1 Å². The number of ether oxygens (including phenoxy) is 1. The molecule has 0 unspecified atom stereocenters. The number of aromatic amines is 1. The van der Waals surface area contributed by atoms with Gasteiger partial charge in [-0.05, 0) is 67.8 Å². The summed E-state index contributed by atoms with van der Waals surface area (Å²) in [5.41, 5.74) is 3.99. The zero-order valence-electron chi connectivity index (χ0n) is 18.0. The fourth-order valence-corrected chi connectivity index (χ4v) is 5.22. The Labute approximate surface area is 186 Å². The Hall–Kier alpha value is -3.58. The molecular formula is C25H23NO5S. The number of H-pyrrole nitrogens is 1. The summed E-state index contributed by atoms with van der Waals surface area (Å²) in [7, 11) is -3.70. The van der Waals surface area contributed by atoms with Crippen LogP contribution >= 0.6 is 0 Å². The lowest BCUT2D eigenvalue weighted by Gasteiger charge is -2.14. The highest BCUT2D eigenvalue weighted by Gasteiger charge is 2.22. The first kappa shape index (κ1) is 21.6. The second-order valence-electron chi connectivity index (χ2n) is 7.91. The summed E-state index contributed by atoms with van der Waals surface area (Å²) in [6.45, 7) is 5.62. The summed E-state index contributed by atoms with van der Waals surface area (Å²) in [5.74, 6) is 0.226. The standard InChI is InChI=1S/C25H23NO5S/c1-15-4-7-20(8-5-15)32(29,30)23-14-26-22-9-6-19(13-21(22)23)31-25-16(2)10-18(11-17(25)3)12-24(27)28/h4-11,13-14,26H,12H2,1-3H3,(H,27,28). The third-order valence-electron chi connectivity index (χ3n) is 5.33. The van der Waals surface area contributed by atoms with Gasteiger partial charge in [0.05, 0.1) is 16.2 Å². The number of rotatable bonds is 6. The minimum absolute atomic E-state index is 0.0580. The molecule has 0 aliphatic heterocycles. The van der Waals surface area contributed by atoms with Crippen LogP contribution in [0.3, 0.4) is 0 Å². The SMILES string of the molecule is Cc1ccc(S(=O)(=O)c2c[nH]c3ccc(Oc4c(C)cc(CC(=O)O)cc4C)cc23)cc1. The maximum Gasteiger partial charge on any atom is 0.307 e. The molecule has 0 radical (unpaired) electrons. The van der Waals surface area contributed by atoms with Crippen LogP contribution in [0, 0.1) is 20.8 Å². The molecule has 4 rings (SSSR count). The topological polar surface area (TPSA) is 96.5 Å². The number of benzene rings is 3. The van der Waals surface area contributed by atoms with Crippen molar-refractivity contribution >= 4 is 26.7 Å². The fourth-order valence-electron chi connectivity index (χ4n) is 3.80. The van der Waals surface area contributed by atoms with Crippen LogP contribution < -0.4 is 4.74 Å². The van der Waals surface area contributed by atoms with Crippen molar-refractivity contribution in [1.29, 1.82) is 0 Å². The highest BCUT2D eigenvalue weighted by Crippen LogP contribution is 2.34. The normalized spacial score (nSPS) is 11.6. The lowest BCUT2D eigenvalue weighted by molar-refractivity contribution is -0.136. The molecule has 164 valence electrons. The molecule has 7 heteroatoms. The fraction of sp³-hybridized carbons (Fsp3) is 0.160. The van der Waals surface area contributed by atoms with Crippen LogP contribution in [-0.2, 0) is 21.1 Å². The summed E-state index contributed by atoms with van der Waals surface area (Å²) >= 11 is 0. The van der Waals surface area contributed by atoms with Gasteiger partial charge in [-0.15, -0.1) is 0 Å². The van der Waals surface area contributed by atoms with Crippen molar-refractivity contribution in [3.63, 3.8) is 0 Å². The van der Waals surface area contributed by atoms with Gasteiger partial charge in [-0.3, -0.25) is 4.79 Å². The summed E-state index contributed by atoms with van der Waals surface area (Å²) in [6, 6.07) is 15.6. The van der Waals surface area contributed by atoms with E-state index in [-0.39, 0.29) is 16.2 Å². The van der Waals surface area contributed by atoms with Gasteiger partial charge in [0.1, 0.15) is 11.5 Å². The Morgan fingerprint density at radius 1 is 0.969 bits per heavy atom. The minimum Gasteiger partial charge on any atom is -0.481 e. The van der Waals surface area contributed by atoms with Gasteiger partial charge < -0.3 is 14.8 Å². The molecule has 4 aromatic rings. The van der Waals surface area contributed by atoms with Crippen molar-refractivity contribution in [2.24, 2.45) is 0 Å². The number of carboxylic acids is 1. The zero-order chi connectivity index (χ0) is 23.0. The van der Waals surface area contributed by atoms with Crippen molar-refractivity contribution in [3.8, 4) is 11.5 Å². The molecule has 6 nitrogen and oxygen atoms in total. The quantitative estimate of drug-likeness (QED) is 0.414. The number of aliphatic carboxylic acids is 1. The molecule has 3 aromatic carbocycles. The molecule has 0 aliphatic carbocycles. The van der Waals surface area contributed by atoms with Crippen molar-refractivity contribution in [1.82, 2.24) is 4.98 Å². The molecule has 0 saturated heterocycles.